The first-order chi connectivity index (χ1) is 8.09. The molecule has 2 aromatic rings. The molecule has 0 fully saturated rings. The Labute approximate surface area is 101 Å². The molecule has 0 amide bonds. The van der Waals surface area contributed by atoms with Crippen molar-refractivity contribution in [1.29, 1.82) is 0 Å². The number of rotatable bonds is 2. The molecule has 88 valence electrons. The minimum Gasteiger partial charge on any atom is -0.383 e. The molecule has 0 saturated carbocycles. The maximum Gasteiger partial charge on any atom is 0.138 e. The highest BCUT2D eigenvalue weighted by Crippen LogP contribution is 2.24. The van der Waals surface area contributed by atoms with E-state index in [2.05, 4.69) is 35.2 Å². The zero-order valence-electron chi connectivity index (χ0n) is 10.3. The summed E-state index contributed by atoms with van der Waals surface area (Å²) < 4.78 is 0. The number of hydrogen-bond donors (Lipinski definition) is 2. The predicted molar refractivity (Wildman–Crippen MR) is 70.4 cm³/mol. The Kier molecular flexibility index (Phi) is 2.95. The van der Waals surface area contributed by atoms with E-state index in [0.717, 1.165) is 17.1 Å². The topological polar surface area (TPSA) is 63.8 Å². The van der Waals surface area contributed by atoms with Gasteiger partial charge in [0.1, 0.15) is 18.0 Å². The van der Waals surface area contributed by atoms with E-state index in [4.69, 9.17) is 5.73 Å². The van der Waals surface area contributed by atoms with Gasteiger partial charge in [0, 0.05) is 11.3 Å². The lowest BCUT2D eigenvalue weighted by Crippen LogP contribution is -2.03. The molecule has 0 bridgehead atoms. The van der Waals surface area contributed by atoms with E-state index < -0.39 is 0 Å². The van der Waals surface area contributed by atoms with Crippen LogP contribution in [0.15, 0.2) is 24.5 Å². The number of benzene rings is 1. The van der Waals surface area contributed by atoms with Crippen molar-refractivity contribution in [2.45, 2.75) is 20.8 Å². The van der Waals surface area contributed by atoms with Gasteiger partial charge in [-0.2, -0.15) is 0 Å². The van der Waals surface area contributed by atoms with Crippen molar-refractivity contribution in [3.63, 3.8) is 0 Å². The molecule has 1 aromatic carbocycles. The van der Waals surface area contributed by atoms with E-state index >= 15 is 0 Å². The summed E-state index contributed by atoms with van der Waals surface area (Å²) in [4.78, 5) is 8.15. The minimum atomic E-state index is 0.507. The molecule has 17 heavy (non-hydrogen) atoms. The summed E-state index contributed by atoms with van der Waals surface area (Å²) in [6, 6.07) is 6.13. The Balaban J connectivity index is 2.38. The number of aryl methyl sites for hydroxylation is 1. The van der Waals surface area contributed by atoms with Crippen molar-refractivity contribution in [2.24, 2.45) is 0 Å². The molecule has 0 aliphatic carbocycles. The summed E-state index contributed by atoms with van der Waals surface area (Å²) in [5, 5.41) is 3.29. The van der Waals surface area contributed by atoms with Gasteiger partial charge >= 0.3 is 0 Å². The Morgan fingerprint density at radius 2 is 1.82 bits per heavy atom. The second-order valence-electron chi connectivity index (χ2n) is 4.10. The van der Waals surface area contributed by atoms with Crippen LogP contribution in [0, 0.1) is 20.8 Å². The van der Waals surface area contributed by atoms with E-state index in [-0.39, 0.29) is 0 Å². The lowest BCUT2D eigenvalue weighted by atomic mass is 10.1. The van der Waals surface area contributed by atoms with Gasteiger partial charge in [-0.05, 0) is 38.0 Å². The number of nitrogens with zero attached hydrogens (tertiary/aromatic N) is 2. The fourth-order valence-electron chi connectivity index (χ4n) is 1.60. The van der Waals surface area contributed by atoms with Crippen LogP contribution in [0.4, 0.5) is 17.3 Å². The van der Waals surface area contributed by atoms with Gasteiger partial charge in [-0.1, -0.05) is 12.1 Å². The lowest BCUT2D eigenvalue weighted by molar-refractivity contribution is 1.14. The van der Waals surface area contributed by atoms with Gasteiger partial charge in [-0.3, -0.25) is 0 Å². The molecule has 2 rings (SSSR count). The highest BCUT2D eigenvalue weighted by molar-refractivity contribution is 5.66. The third kappa shape index (κ3) is 2.20. The van der Waals surface area contributed by atoms with Crippen LogP contribution >= 0.6 is 0 Å². The fourth-order valence-corrected chi connectivity index (χ4v) is 1.60. The highest BCUT2D eigenvalue weighted by Gasteiger charge is 2.06. The molecular formula is C13H16N4. The molecule has 0 aliphatic rings. The maximum absolute atomic E-state index is 5.75. The Morgan fingerprint density at radius 3 is 2.59 bits per heavy atom. The van der Waals surface area contributed by atoms with Gasteiger partial charge in [0.05, 0.1) is 0 Å². The van der Waals surface area contributed by atoms with Crippen molar-refractivity contribution in [3.8, 4) is 0 Å². The summed E-state index contributed by atoms with van der Waals surface area (Å²) in [5.74, 6) is 1.26. The monoisotopic (exact) mass is 228 g/mol. The van der Waals surface area contributed by atoms with Crippen LogP contribution in [0.1, 0.15) is 16.7 Å². The van der Waals surface area contributed by atoms with Crippen LogP contribution in [0.25, 0.3) is 0 Å². The van der Waals surface area contributed by atoms with E-state index in [1.807, 2.05) is 19.1 Å². The van der Waals surface area contributed by atoms with E-state index in [1.54, 1.807) is 0 Å². The first-order valence-corrected chi connectivity index (χ1v) is 5.50. The second kappa shape index (κ2) is 4.41. The Bertz CT molecular complexity index is 500. The number of nitrogens with one attached hydrogen (secondary N) is 1. The van der Waals surface area contributed by atoms with Gasteiger partial charge in [-0.15, -0.1) is 0 Å². The average molecular weight is 228 g/mol. The fraction of sp³-hybridized carbons (Fsp3) is 0.231. The van der Waals surface area contributed by atoms with Gasteiger partial charge in [-0.25, -0.2) is 9.97 Å². The largest absolute Gasteiger partial charge is 0.383 e. The van der Waals surface area contributed by atoms with E-state index in [9.17, 15) is 0 Å². The van der Waals surface area contributed by atoms with Gasteiger partial charge < -0.3 is 11.1 Å². The SMILES string of the molecule is Cc1cccc(Nc2ncnc(N)c2C)c1C. The molecular weight excluding hydrogens is 212 g/mol. The molecule has 4 nitrogen and oxygen atoms in total. The molecule has 0 radical (unpaired) electrons. The summed E-state index contributed by atoms with van der Waals surface area (Å²) in [6.07, 6.45) is 1.47. The van der Waals surface area contributed by atoms with Gasteiger partial charge in [0.2, 0.25) is 0 Å². The summed E-state index contributed by atoms with van der Waals surface area (Å²) in [5.41, 5.74) is 10.1. The Hall–Kier alpha value is -2.10. The Morgan fingerprint density at radius 1 is 1.06 bits per heavy atom. The van der Waals surface area contributed by atoms with Crippen molar-refractivity contribution in [3.05, 3.63) is 41.2 Å². The lowest BCUT2D eigenvalue weighted by Gasteiger charge is -2.12. The predicted octanol–water partition coefficient (Wildman–Crippen LogP) is 2.73. The molecule has 0 atom stereocenters. The van der Waals surface area contributed by atoms with Crippen LogP contribution in [-0.4, -0.2) is 9.97 Å². The maximum atomic E-state index is 5.75. The molecule has 4 heteroatoms. The first-order valence-electron chi connectivity index (χ1n) is 5.50. The van der Waals surface area contributed by atoms with Crippen molar-refractivity contribution in [1.82, 2.24) is 9.97 Å². The number of nitrogen functional groups attached to an aromatic ring is 1. The zero-order chi connectivity index (χ0) is 12.4. The summed E-state index contributed by atoms with van der Waals surface area (Å²) in [7, 11) is 0. The second-order valence-corrected chi connectivity index (χ2v) is 4.10. The number of anilines is 3. The molecule has 1 aromatic heterocycles. The molecule has 0 unspecified atom stereocenters. The first kappa shape index (κ1) is 11.4. The number of aromatic nitrogens is 2. The average Bonchev–Trinajstić information content (AvgIpc) is 2.31. The van der Waals surface area contributed by atoms with Crippen LogP contribution in [0.5, 0.6) is 0 Å². The van der Waals surface area contributed by atoms with Crippen molar-refractivity contribution in [2.75, 3.05) is 11.1 Å². The molecule has 0 spiro atoms. The number of nitrogens with two attached hydrogens (primary N) is 1. The van der Waals surface area contributed by atoms with Crippen LogP contribution in [0.3, 0.4) is 0 Å². The quantitative estimate of drug-likeness (QED) is 0.829. The molecule has 1 heterocycles. The van der Waals surface area contributed by atoms with Crippen molar-refractivity contribution >= 4 is 17.3 Å². The number of hydrogen-bond acceptors (Lipinski definition) is 4. The van der Waals surface area contributed by atoms with Crippen LogP contribution in [-0.2, 0) is 0 Å². The summed E-state index contributed by atoms with van der Waals surface area (Å²) >= 11 is 0. The van der Waals surface area contributed by atoms with Crippen LogP contribution in [0.2, 0.25) is 0 Å². The standard InChI is InChI=1S/C13H16N4/c1-8-5-4-6-11(9(8)2)17-13-10(3)12(14)15-7-16-13/h4-7H,1-3H3,(H3,14,15,16,17). The minimum absolute atomic E-state index is 0.507. The van der Waals surface area contributed by atoms with Gasteiger partial charge in [0.15, 0.2) is 0 Å². The molecule has 0 aliphatic heterocycles. The van der Waals surface area contributed by atoms with E-state index in [0.29, 0.717) is 5.82 Å². The van der Waals surface area contributed by atoms with Crippen molar-refractivity contribution < 1.29 is 0 Å². The molecule has 3 N–H and O–H groups in total. The summed E-state index contributed by atoms with van der Waals surface area (Å²) in [6.45, 7) is 6.07. The highest BCUT2D eigenvalue weighted by atomic mass is 15.0. The van der Waals surface area contributed by atoms with E-state index in [1.165, 1.54) is 17.5 Å². The zero-order valence-corrected chi connectivity index (χ0v) is 10.3. The normalized spacial score (nSPS) is 10.3. The third-order valence-corrected chi connectivity index (χ3v) is 2.98. The third-order valence-electron chi connectivity index (χ3n) is 2.98. The smallest absolute Gasteiger partial charge is 0.138 e. The molecule has 0 saturated heterocycles. The van der Waals surface area contributed by atoms with Gasteiger partial charge in [0.25, 0.3) is 0 Å². The van der Waals surface area contributed by atoms with Crippen LogP contribution < -0.4 is 11.1 Å².